The average Bonchev–Trinajstić information content (AvgIpc) is 2.67. The van der Waals surface area contributed by atoms with Crippen molar-refractivity contribution < 1.29 is 9.53 Å². The first-order chi connectivity index (χ1) is 11.8. The molecule has 3 rings (SSSR count). The van der Waals surface area contributed by atoms with E-state index < -0.39 is 5.97 Å². The monoisotopic (exact) mass is 327 g/mol. The Kier molecular flexibility index (Phi) is 5.20. The minimum Gasteiger partial charge on any atom is -0.463 e. The fourth-order valence-corrected chi connectivity index (χ4v) is 2.71. The normalized spacial score (nSPS) is 14.3. The molecule has 1 fully saturated rings. The molecule has 1 aliphatic heterocycles. The van der Waals surface area contributed by atoms with Crippen LogP contribution in [-0.4, -0.2) is 41.1 Å². The summed E-state index contributed by atoms with van der Waals surface area (Å²) in [4.78, 5) is 26.3. The number of aromatic nitrogens is 3. The summed E-state index contributed by atoms with van der Waals surface area (Å²) < 4.78 is 4.63. The number of pyridine rings is 1. The number of nitrogens with one attached hydrogen (secondary N) is 1. The quantitative estimate of drug-likeness (QED) is 0.844. The molecule has 0 spiro atoms. The minimum absolute atomic E-state index is 0.0474. The molecule has 2 aromatic rings. The summed E-state index contributed by atoms with van der Waals surface area (Å²) >= 11 is 0. The van der Waals surface area contributed by atoms with Crippen LogP contribution in [0.15, 0.2) is 30.6 Å². The number of nitrogens with zero attached hydrogens (tertiary/aromatic N) is 4. The second-order valence-electron chi connectivity index (χ2n) is 5.68. The van der Waals surface area contributed by atoms with E-state index >= 15 is 0 Å². The van der Waals surface area contributed by atoms with Crippen LogP contribution < -0.4 is 10.2 Å². The van der Waals surface area contributed by atoms with Crippen LogP contribution in [0, 0.1) is 0 Å². The highest BCUT2D eigenvalue weighted by Crippen LogP contribution is 2.18. The lowest BCUT2D eigenvalue weighted by molar-refractivity contribution is 0.0587. The van der Waals surface area contributed by atoms with Gasteiger partial charge in [-0.05, 0) is 43.0 Å². The molecule has 0 amide bonds. The third kappa shape index (κ3) is 3.98. The van der Waals surface area contributed by atoms with Crippen LogP contribution >= 0.6 is 0 Å². The van der Waals surface area contributed by atoms with Crippen LogP contribution in [0.2, 0.25) is 0 Å². The van der Waals surface area contributed by atoms with E-state index in [4.69, 9.17) is 0 Å². The molecule has 0 aromatic carbocycles. The van der Waals surface area contributed by atoms with Crippen molar-refractivity contribution in [2.75, 3.05) is 30.4 Å². The molecular weight excluding hydrogens is 306 g/mol. The lowest BCUT2D eigenvalue weighted by Gasteiger charge is -2.27. The Morgan fingerprint density at radius 3 is 2.79 bits per heavy atom. The van der Waals surface area contributed by atoms with Crippen molar-refractivity contribution in [3.63, 3.8) is 0 Å². The third-order valence-corrected chi connectivity index (χ3v) is 3.99. The number of carbonyl (C=O) groups excluding carboxylic acids is 1. The first kappa shape index (κ1) is 16.2. The Morgan fingerprint density at radius 1 is 1.21 bits per heavy atom. The molecule has 7 nitrogen and oxygen atoms in total. The highest BCUT2D eigenvalue weighted by Gasteiger charge is 2.12. The Labute approximate surface area is 141 Å². The van der Waals surface area contributed by atoms with Crippen molar-refractivity contribution in [3.8, 4) is 0 Å². The van der Waals surface area contributed by atoms with Gasteiger partial charge in [0.05, 0.1) is 7.11 Å². The largest absolute Gasteiger partial charge is 0.463 e. The predicted molar refractivity (Wildman–Crippen MR) is 91.0 cm³/mol. The molecule has 24 heavy (non-hydrogen) atoms. The lowest BCUT2D eigenvalue weighted by atomic mass is 10.1. The van der Waals surface area contributed by atoms with E-state index in [9.17, 15) is 4.79 Å². The maximum Gasteiger partial charge on any atom is 0.376 e. The van der Waals surface area contributed by atoms with Gasteiger partial charge in [-0.3, -0.25) is 0 Å². The van der Waals surface area contributed by atoms with Crippen molar-refractivity contribution in [2.24, 2.45) is 0 Å². The van der Waals surface area contributed by atoms with E-state index in [1.54, 1.807) is 6.07 Å². The highest BCUT2D eigenvalue weighted by molar-refractivity contribution is 5.85. The van der Waals surface area contributed by atoms with Gasteiger partial charge < -0.3 is 15.0 Å². The molecule has 0 bridgehead atoms. The Bertz CT molecular complexity index is 701. The number of rotatable bonds is 5. The van der Waals surface area contributed by atoms with Gasteiger partial charge in [-0.1, -0.05) is 0 Å². The number of hydrogen-bond donors (Lipinski definition) is 1. The molecule has 0 atom stereocenters. The second kappa shape index (κ2) is 7.72. The number of carbonyl (C=O) groups is 1. The molecule has 0 radical (unpaired) electrons. The van der Waals surface area contributed by atoms with E-state index in [0.29, 0.717) is 12.4 Å². The number of hydrogen-bond acceptors (Lipinski definition) is 7. The summed E-state index contributed by atoms with van der Waals surface area (Å²) in [6.07, 6.45) is 7.12. The topological polar surface area (TPSA) is 80.2 Å². The smallest absolute Gasteiger partial charge is 0.376 e. The van der Waals surface area contributed by atoms with Gasteiger partial charge in [0.2, 0.25) is 5.82 Å². The molecule has 1 N–H and O–H groups in total. The molecule has 126 valence electrons. The first-order valence-corrected chi connectivity index (χ1v) is 8.11. The van der Waals surface area contributed by atoms with Crippen molar-refractivity contribution >= 4 is 17.6 Å². The number of piperidine rings is 1. The number of esters is 1. The maximum atomic E-state index is 11.5. The summed E-state index contributed by atoms with van der Waals surface area (Å²) in [5, 5.41) is 3.21. The zero-order chi connectivity index (χ0) is 16.8. The van der Waals surface area contributed by atoms with E-state index in [-0.39, 0.29) is 5.82 Å². The molecule has 1 saturated heterocycles. The van der Waals surface area contributed by atoms with Gasteiger partial charge in [-0.25, -0.2) is 19.7 Å². The first-order valence-electron chi connectivity index (χ1n) is 8.11. The van der Waals surface area contributed by atoms with Gasteiger partial charge in [-0.2, -0.15) is 0 Å². The van der Waals surface area contributed by atoms with Crippen molar-refractivity contribution in [1.82, 2.24) is 15.0 Å². The number of ether oxygens (including phenoxy) is 1. The van der Waals surface area contributed by atoms with Crippen LogP contribution in [0.4, 0.5) is 11.6 Å². The van der Waals surface area contributed by atoms with Gasteiger partial charge in [0, 0.05) is 32.0 Å². The summed E-state index contributed by atoms with van der Waals surface area (Å²) in [5.74, 6) is 1.11. The van der Waals surface area contributed by atoms with Crippen LogP contribution in [-0.2, 0) is 11.3 Å². The van der Waals surface area contributed by atoms with E-state index in [2.05, 4.69) is 36.0 Å². The van der Waals surface area contributed by atoms with E-state index in [1.165, 1.54) is 32.6 Å². The summed E-state index contributed by atoms with van der Waals surface area (Å²) in [5.41, 5.74) is 1.11. The van der Waals surface area contributed by atoms with Crippen LogP contribution in [0.1, 0.15) is 35.4 Å². The molecule has 1 aliphatic rings. The summed E-state index contributed by atoms with van der Waals surface area (Å²) in [7, 11) is 1.31. The van der Waals surface area contributed by atoms with Gasteiger partial charge in [0.1, 0.15) is 11.6 Å². The Morgan fingerprint density at radius 2 is 2.00 bits per heavy atom. The van der Waals surface area contributed by atoms with Crippen molar-refractivity contribution in [3.05, 3.63) is 42.0 Å². The fraction of sp³-hybridized carbons (Fsp3) is 0.412. The molecule has 2 aromatic heterocycles. The highest BCUT2D eigenvalue weighted by atomic mass is 16.5. The predicted octanol–water partition coefficient (Wildman–Crippen LogP) is 2.26. The van der Waals surface area contributed by atoms with Crippen LogP contribution in [0.3, 0.4) is 0 Å². The van der Waals surface area contributed by atoms with Crippen molar-refractivity contribution in [1.29, 1.82) is 0 Å². The average molecular weight is 327 g/mol. The zero-order valence-corrected chi connectivity index (χ0v) is 13.7. The summed E-state index contributed by atoms with van der Waals surface area (Å²) in [6, 6.07) is 5.79. The maximum absolute atomic E-state index is 11.5. The molecular formula is C17H21N5O2. The third-order valence-electron chi connectivity index (χ3n) is 3.99. The van der Waals surface area contributed by atoms with Gasteiger partial charge in [0.25, 0.3) is 0 Å². The van der Waals surface area contributed by atoms with Gasteiger partial charge in [0.15, 0.2) is 0 Å². The van der Waals surface area contributed by atoms with Gasteiger partial charge >= 0.3 is 5.97 Å². The molecule has 0 saturated carbocycles. The molecule has 0 aliphatic carbocycles. The summed E-state index contributed by atoms with van der Waals surface area (Å²) in [6.45, 7) is 2.73. The van der Waals surface area contributed by atoms with E-state index in [1.807, 2.05) is 12.3 Å². The standard InChI is InChI=1S/C17H21N5O2/c1-24-17(23)16-19-8-6-14(21-16)20-12-13-5-7-18-15(11-13)22-9-3-2-4-10-22/h5-8,11H,2-4,9-10,12H2,1H3,(H,19,20,21). The van der Waals surface area contributed by atoms with Crippen LogP contribution in [0.5, 0.6) is 0 Å². The van der Waals surface area contributed by atoms with Gasteiger partial charge in [-0.15, -0.1) is 0 Å². The molecule has 3 heterocycles. The Hall–Kier alpha value is -2.70. The number of anilines is 2. The second-order valence-corrected chi connectivity index (χ2v) is 5.68. The molecule has 0 unspecified atom stereocenters. The SMILES string of the molecule is COC(=O)c1nccc(NCc2ccnc(N3CCCCC3)c2)n1. The van der Waals surface area contributed by atoms with E-state index in [0.717, 1.165) is 24.5 Å². The minimum atomic E-state index is -0.546. The Balaban J connectivity index is 1.65. The lowest BCUT2D eigenvalue weighted by Crippen LogP contribution is -2.30. The van der Waals surface area contributed by atoms with Crippen molar-refractivity contribution in [2.45, 2.75) is 25.8 Å². The molecule has 7 heteroatoms. The number of methoxy groups -OCH3 is 1. The zero-order valence-electron chi connectivity index (χ0n) is 13.7. The van der Waals surface area contributed by atoms with Crippen LogP contribution in [0.25, 0.3) is 0 Å². The fourth-order valence-electron chi connectivity index (χ4n) is 2.71.